The van der Waals surface area contributed by atoms with Crippen LogP contribution in [0.4, 0.5) is 4.39 Å². The van der Waals surface area contributed by atoms with Crippen LogP contribution in [0, 0.1) is 12.7 Å². The summed E-state index contributed by atoms with van der Waals surface area (Å²) >= 11 is 5.94. The number of fused-ring (bicyclic) bond motifs is 1. The second-order valence-electron chi connectivity index (χ2n) is 3.41. The van der Waals surface area contributed by atoms with E-state index in [1.54, 1.807) is 6.92 Å². The van der Waals surface area contributed by atoms with Gasteiger partial charge in [0.15, 0.2) is 0 Å². The average molecular weight is 240 g/mol. The third-order valence-corrected chi connectivity index (χ3v) is 2.54. The Bertz CT molecular complexity index is 598. The molecule has 0 aliphatic carbocycles. The number of hydrogen-bond donors (Lipinski definition) is 1. The molecule has 1 N–H and O–H groups in total. The largest absolute Gasteiger partial charge is 0.477 e. The molecule has 0 fully saturated rings. The van der Waals surface area contributed by atoms with Crippen LogP contribution in [0.15, 0.2) is 18.2 Å². The lowest BCUT2D eigenvalue weighted by atomic mass is 10.1. The standard InChI is InChI=1S/C11H7ClFNO2/c1-5-2-6(13)3-8-10(5)7(12)4-9(14-8)11(15)16/h2-4H,1H3,(H,15,16). The van der Waals surface area contributed by atoms with E-state index < -0.39 is 11.8 Å². The molecule has 0 radical (unpaired) electrons. The van der Waals surface area contributed by atoms with E-state index >= 15 is 0 Å². The van der Waals surface area contributed by atoms with E-state index in [0.29, 0.717) is 10.9 Å². The zero-order valence-electron chi connectivity index (χ0n) is 8.29. The Labute approximate surface area is 95.5 Å². The fourth-order valence-electron chi connectivity index (χ4n) is 1.59. The Morgan fingerprint density at radius 1 is 1.44 bits per heavy atom. The van der Waals surface area contributed by atoms with Crippen molar-refractivity contribution in [1.29, 1.82) is 0 Å². The van der Waals surface area contributed by atoms with Crippen molar-refractivity contribution < 1.29 is 14.3 Å². The molecule has 3 nitrogen and oxygen atoms in total. The Kier molecular flexibility index (Phi) is 2.52. The van der Waals surface area contributed by atoms with Crippen molar-refractivity contribution in [2.24, 2.45) is 0 Å². The number of aromatic carboxylic acids is 1. The predicted molar refractivity (Wildman–Crippen MR) is 58.4 cm³/mol. The van der Waals surface area contributed by atoms with Gasteiger partial charge in [-0.15, -0.1) is 0 Å². The van der Waals surface area contributed by atoms with Gasteiger partial charge in [-0.25, -0.2) is 14.2 Å². The van der Waals surface area contributed by atoms with Gasteiger partial charge in [0.05, 0.1) is 10.5 Å². The highest BCUT2D eigenvalue weighted by molar-refractivity contribution is 6.35. The van der Waals surface area contributed by atoms with Gasteiger partial charge in [-0.1, -0.05) is 11.6 Å². The first kappa shape index (κ1) is 10.8. The SMILES string of the molecule is Cc1cc(F)cc2nc(C(=O)O)cc(Cl)c12. The van der Waals surface area contributed by atoms with Gasteiger partial charge in [0, 0.05) is 11.5 Å². The van der Waals surface area contributed by atoms with Crippen molar-refractivity contribution >= 4 is 28.5 Å². The summed E-state index contributed by atoms with van der Waals surface area (Å²) in [6.07, 6.45) is 0. The molecule has 0 atom stereocenters. The lowest BCUT2D eigenvalue weighted by molar-refractivity contribution is 0.0691. The summed E-state index contributed by atoms with van der Waals surface area (Å²) in [5.74, 6) is -1.65. The number of pyridine rings is 1. The molecule has 2 rings (SSSR count). The first-order chi connectivity index (χ1) is 7.49. The molecule has 0 unspecified atom stereocenters. The van der Waals surface area contributed by atoms with E-state index in [1.165, 1.54) is 18.2 Å². The van der Waals surface area contributed by atoms with E-state index in [4.69, 9.17) is 16.7 Å². The van der Waals surface area contributed by atoms with Crippen LogP contribution in [0.25, 0.3) is 10.9 Å². The molecule has 1 aromatic heterocycles. The van der Waals surface area contributed by atoms with Gasteiger partial charge in [-0.2, -0.15) is 0 Å². The predicted octanol–water partition coefficient (Wildman–Crippen LogP) is 3.03. The number of carboxylic acids is 1. The van der Waals surface area contributed by atoms with Crippen molar-refractivity contribution in [1.82, 2.24) is 4.98 Å². The molecule has 0 bridgehead atoms. The molecule has 1 aromatic carbocycles. The van der Waals surface area contributed by atoms with Gasteiger partial charge in [-0.05, 0) is 24.6 Å². The third kappa shape index (κ3) is 1.72. The van der Waals surface area contributed by atoms with Crippen LogP contribution in [0.1, 0.15) is 16.1 Å². The van der Waals surface area contributed by atoms with Gasteiger partial charge >= 0.3 is 5.97 Å². The monoisotopic (exact) mass is 239 g/mol. The minimum absolute atomic E-state index is 0.192. The third-order valence-electron chi connectivity index (χ3n) is 2.24. The van der Waals surface area contributed by atoms with Gasteiger partial charge in [0.2, 0.25) is 0 Å². The molecule has 82 valence electrons. The van der Waals surface area contributed by atoms with Crippen LogP contribution >= 0.6 is 11.6 Å². The minimum atomic E-state index is -1.19. The molecule has 0 spiro atoms. The summed E-state index contributed by atoms with van der Waals surface area (Å²) < 4.78 is 13.1. The first-order valence-electron chi connectivity index (χ1n) is 4.48. The minimum Gasteiger partial charge on any atom is -0.477 e. The Balaban J connectivity index is 2.87. The number of carboxylic acid groups (broad SMARTS) is 1. The maximum atomic E-state index is 13.1. The maximum Gasteiger partial charge on any atom is 0.354 e. The molecule has 1 heterocycles. The molecule has 16 heavy (non-hydrogen) atoms. The van der Waals surface area contributed by atoms with Gasteiger partial charge in [0.25, 0.3) is 0 Å². The summed E-state index contributed by atoms with van der Waals surface area (Å²) in [6.45, 7) is 1.69. The average Bonchev–Trinajstić information content (AvgIpc) is 2.15. The van der Waals surface area contributed by atoms with Crippen LogP contribution in [0.2, 0.25) is 5.02 Å². The fraction of sp³-hybridized carbons (Fsp3) is 0.0909. The fourth-order valence-corrected chi connectivity index (χ4v) is 1.94. The molecule has 0 saturated heterocycles. The van der Waals surface area contributed by atoms with E-state index in [1.807, 2.05) is 0 Å². The van der Waals surface area contributed by atoms with Crippen LogP contribution < -0.4 is 0 Å². The molecular formula is C11H7ClFNO2. The zero-order valence-corrected chi connectivity index (χ0v) is 9.05. The van der Waals surface area contributed by atoms with Crippen molar-refractivity contribution in [3.8, 4) is 0 Å². The van der Waals surface area contributed by atoms with E-state index in [0.717, 1.165) is 0 Å². The maximum absolute atomic E-state index is 13.1. The van der Waals surface area contributed by atoms with E-state index in [-0.39, 0.29) is 16.2 Å². The van der Waals surface area contributed by atoms with Crippen molar-refractivity contribution in [2.45, 2.75) is 6.92 Å². The highest BCUT2D eigenvalue weighted by atomic mass is 35.5. The molecule has 0 amide bonds. The number of aryl methyl sites for hydroxylation is 1. The van der Waals surface area contributed by atoms with Gasteiger partial charge in [0.1, 0.15) is 11.5 Å². The number of hydrogen-bond acceptors (Lipinski definition) is 2. The highest BCUT2D eigenvalue weighted by Crippen LogP contribution is 2.27. The zero-order chi connectivity index (χ0) is 11.9. The summed E-state index contributed by atoms with van der Waals surface area (Å²) in [6, 6.07) is 3.76. The van der Waals surface area contributed by atoms with Crippen LogP contribution in [-0.4, -0.2) is 16.1 Å². The lowest BCUT2D eigenvalue weighted by Crippen LogP contribution is -2.01. The Morgan fingerprint density at radius 3 is 2.75 bits per heavy atom. The topological polar surface area (TPSA) is 50.2 Å². The number of benzene rings is 1. The van der Waals surface area contributed by atoms with Crippen molar-refractivity contribution in [3.05, 3.63) is 40.3 Å². The Hall–Kier alpha value is -1.68. The van der Waals surface area contributed by atoms with Crippen LogP contribution in [-0.2, 0) is 0 Å². The van der Waals surface area contributed by atoms with Crippen molar-refractivity contribution in [2.75, 3.05) is 0 Å². The molecule has 2 aromatic rings. The summed E-state index contributed by atoms with van der Waals surface area (Å²) in [5, 5.41) is 9.63. The highest BCUT2D eigenvalue weighted by Gasteiger charge is 2.12. The normalized spacial score (nSPS) is 10.7. The molecule has 0 aliphatic heterocycles. The van der Waals surface area contributed by atoms with Gasteiger partial charge in [-0.3, -0.25) is 0 Å². The smallest absolute Gasteiger partial charge is 0.354 e. The van der Waals surface area contributed by atoms with E-state index in [2.05, 4.69) is 4.98 Å². The molecule has 5 heteroatoms. The van der Waals surface area contributed by atoms with E-state index in [9.17, 15) is 9.18 Å². The second-order valence-corrected chi connectivity index (χ2v) is 3.82. The number of halogens is 2. The number of carbonyl (C=O) groups is 1. The second kappa shape index (κ2) is 3.72. The van der Waals surface area contributed by atoms with Gasteiger partial charge < -0.3 is 5.11 Å². The Morgan fingerprint density at radius 2 is 2.12 bits per heavy atom. The molecular weight excluding hydrogens is 233 g/mol. The first-order valence-corrected chi connectivity index (χ1v) is 4.86. The number of aromatic nitrogens is 1. The number of rotatable bonds is 1. The lowest BCUT2D eigenvalue weighted by Gasteiger charge is -2.05. The molecule has 0 aliphatic rings. The quantitative estimate of drug-likeness (QED) is 0.832. The summed E-state index contributed by atoms with van der Waals surface area (Å²) in [5.41, 5.74) is 0.689. The summed E-state index contributed by atoms with van der Waals surface area (Å²) in [7, 11) is 0. The van der Waals surface area contributed by atoms with Crippen LogP contribution in [0.5, 0.6) is 0 Å². The van der Waals surface area contributed by atoms with Crippen LogP contribution in [0.3, 0.4) is 0 Å². The summed E-state index contributed by atoms with van der Waals surface area (Å²) in [4.78, 5) is 14.6. The molecule has 0 saturated carbocycles. The van der Waals surface area contributed by atoms with Crippen molar-refractivity contribution in [3.63, 3.8) is 0 Å². The number of nitrogens with zero attached hydrogens (tertiary/aromatic N) is 1.